The van der Waals surface area contributed by atoms with E-state index >= 15 is 0 Å². The van der Waals surface area contributed by atoms with Crippen LogP contribution in [0.25, 0.3) is 22.5 Å². The van der Waals surface area contributed by atoms with Gasteiger partial charge in [-0.15, -0.1) is 0 Å². The van der Waals surface area contributed by atoms with Crippen molar-refractivity contribution in [3.05, 3.63) is 58.9 Å². The number of carbonyl (C=O) groups excluding carboxylic acids is 1. The van der Waals surface area contributed by atoms with Crippen molar-refractivity contribution in [2.75, 3.05) is 12.4 Å². The van der Waals surface area contributed by atoms with Crippen LogP contribution in [0.2, 0.25) is 0 Å². The molecule has 0 aliphatic rings. The fraction of sp³-hybridized carbons (Fsp3) is 0.158. The number of methoxy groups -OCH3 is 1. The molecule has 2 aromatic carbocycles. The number of fused-ring (bicyclic) bond motifs is 1. The molecule has 0 saturated heterocycles. The van der Waals surface area contributed by atoms with Gasteiger partial charge in [-0.2, -0.15) is 4.98 Å². The number of aromatic nitrogens is 3. The summed E-state index contributed by atoms with van der Waals surface area (Å²) in [6.07, 6.45) is -0.0834. The van der Waals surface area contributed by atoms with Crippen LogP contribution in [-0.2, 0) is 18.3 Å². The summed E-state index contributed by atoms with van der Waals surface area (Å²) in [7, 11) is 3.20. The average Bonchev–Trinajstić information content (AvgIpc) is 3.26. The number of benzene rings is 2. The number of hydrogen-bond acceptors (Lipinski definition) is 7. The Morgan fingerprint density at radius 2 is 2.00 bits per heavy atom. The van der Waals surface area contributed by atoms with Gasteiger partial charge in [0.25, 0.3) is 0 Å². The summed E-state index contributed by atoms with van der Waals surface area (Å²) in [5, 5.41) is 6.62. The molecule has 4 rings (SSSR count). The number of carbonyl (C=O) groups is 1. The molecule has 0 atom stereocenters. The first-order valence-electron chi connectivity index (χ1n) is 8.40. The van der Waals surface area contributed by atoms with E-state index in [1.807, 2.05) is 0 Å². The summed E-state index contributed by atoms with van der Waals surface area (Å²) in [6.45, 7) is 0. The van der Waals surface area contributed by atoms with Crippen molar-refractivity contribution in [3.63, 3.8) is 0 Å². The number of anilines is 1. The minimum atomic E-state index is -0.463. The molecule has 9 nitrogen and oxygen atoms in total. The van der Waals surface area contributed by atoms with E-state index in [0.29, 0.717) is 22.6 Å². The Balaban J connectivity index is 1.45. The van der Waals surface area contributed by atoms with Crippen molar-refractivity contribution in [1.29, 1.82) is 0 Å². The quantitative estimate of drug-likeness (QED) is 0.565. The third-order valence-electron chi connectivity index (χ3n) is 4.20. The van der Waals surface area contributed by atoms with Gasteiger partial charge in [0, 0.05) is 24.4 Å². The van der Waals surface area contributed by atoms with Gasteiger partial charge in [0.15, 0.2) is 5.58 Å². The van der Waals surface area contributed by atoms with E-state index in [-0.39, 0.29) is 18.2 Å². The molecule has 0 aliphatic carbocycles. The first-order chi connectivity index (χ1) is 13.5. The summed E-state index contributed by atoms with van der Waals surface area (Å²) in [4.78, 5) is 28.0. The van der Waals surface area contributed by atoms with Crippen LogP contribution in [-0.4, -0.2) is 27.7 Å². The van der Waals surface area contributed by atoms with Crippen LogP contribution < -0.4 is 15.8 Å². The second-order valence-electron chi connectivity index (χ2n) is 6.07. The lowest BCUT2D eigenvalue weighted by Crippen LogP contribution is -2.14. The van der Waals surface area contributed by atoms with Crippen molar-refractivity contribution in [1.82, 2.24) is 14.7 Å². The highest BCUT2D eigenvalue weighted by Gasteiger charge is 2.14. The highest BCUT2D eigenvalue weighted by Crippen LogP contribution is 2.20. The predicted molar refractivity (Wildman–Crippen MR) is 100 cm³/mol. The highest BCUT2D eigenvalue weighted by molar-refractivity contribution is 5.93. The summed E-state index contributed by atoms with van der Waals surface area (Å²) < 4.78 is 16.8. The second kappa shape index (κ2) is 7.03. The molecule has 0 radical (unpaired) electrons. The highest BCUT2D eigenvalue weighted by atomic mass is 16.5. The standard InChI is InChI=1S/C19H16N4O5/c1-23-14-8-5-12(9-15(14)27-19(23)25)20-16(24)10-17-21-18(22-28-17)11-3-6-13(26-2)7-4-11/h3-9H,10H2,1-2H3,(H,20,24). The van der Waals surface area contributed by atoms with E-state index in [1.54, 1.807) is 56.6 Å². The van der Waals surface area contributed by atoms with E-state index < -0.39 is 5.76 Å². The lowest BCUT2D eigenvalue weighted by atomic mass is 10.2. The van der Waals surface area contributed by atoms with Gasteiger partial charge in [-0.05, 0) is 36.4 Å². The lowest BCUT2D eigenvalue weighted by Gasteiger charge is -2.03. The van der Waals surface area contributed by atoms with Crippen LogP contribution in [0.5, 0.6) is 5.75 Å². The maximum absolute atomic E-state index is 12.3. The Bertz CT molecular complexity index is 1200. The molecule has 4 aromatic rings. The van der Waals surface area contributed by atoms with Gasteiger partial charge < -0.3 is 19.0 Å². The Labute approximate surface area is 158 Å². The van der Waals surface area contributed by atoms with Gasteiger partial charge in [-0.25, -0.2) is 4.79 Å². The zero-order valence-electron chi connectivity index (χ0n) is 15.1. The van der Waals surface area contributed by atoms with Crippen molar-refractivity contribution in [2.45, 2.75) is 6.42 Å². The molecule has 0 aliphatic heterocycles. The Morgan fingerprint density at radius 3 is 2.75 bits per heavy atom. The summed E-state index contributed by atoms with van der Waals surface area (Å²) in [5.74, 6) is 0.504. The first kappa shape index (κ1) is 17.5. The SMILES string of the molecule is COc1ccc(-c2noc(CC(=O)Nc3ccc4c(c3)oc(=O)n4C)n2)cc1. The minimum absolute atomic E-state index is 0.0834. The molecule has 1 N–H and O–H groups in total. The maximum atomic E-state index is 12.3. The molecule has 0 fully saturated rings. The fourth-order valence-corrected chi connectivity index (χ4v) is 2.74. The number of rotatable bonds is 5. The van der Waals surface area contributed by atoms with Gasteiger partial charge in [0.2, 0.25) is 17.6 Å². The van der Waals surface area contributed by atoms with Gasteiger partial charge >= 0.3 is 5.76 Å². The largest absolute Gasteiger partial charge is 0.497 e. The van der Waals surface area contributed by atoms with Crippen molar-refractivity contribution in [3.8, 4) is 17.1 Å². The van der Waals surface area contributed by atoms with Gasteiger partial charge in [-0.1, -0.05) is 5.16 Å². The molecule has 28 heavy (non-hydrogen) atoms. The van der Waals surface area contributed by atoms with E-state index in [0.717, 1.165) is 11.3 Å². The van der Waals surface area contributed by atoms with Gasteiger partial charge in [0.1, 0.15) is 12.2 Å². The van der Waals surface area contributed by atoms with Crippen LogP contribution >= 0.6 is 0 Å². The zero-order valence-corrected chi connectivity index (χ0v) is 15.1. The van der Waals surface area contributed by atoms with Crippen molar-refractivity contribution >= 4 is 22.7 Å². The van der Waals surface area contributed by atoms with Crippen molar-refractivity contribution in [2.24, 2.45) is 7.05 Å². The van der Waals surface area contributed by atoms with Crippen LogP contribution in [0, 0.1) is 0 Å². The molecular formula is C19H16N4O5. The van der Waals surface area contributed by atoms with E-state index in [1.165, 1.54) is 4.57 Å². The molecule has 0 unspecified atom stereocenters. The van der Waals surface area contributed by atoms with E-state index in [9.17, 15) is 9.59 Å². The normalized spacial score (nSPS) is 10.9. The molecule has 0 spiro atoms. The lowest BCUT2D eigenvalue weighted by molar-refractivity contribution is -0.115. The number of nitrogens with zero attached hydrogens (tertiary/aromatic N) is 3. The third-order valence-corrected chi connectivity index (χ3v) is 4.20. The third kappa shape index (κ3) is 3.37. The molecule has 1 amide bonds. The number of hydrogen-bond donors (Lipinski definition) is 1. The Morgan fingerprint density at radius 1 is 1.21 bits per heavy atom. The second-order valence-corrected chi connectivity index (χ2v) is 6.07. The summed E-state index contributed by atoms with van der Waals surface area (Å²) in [5.41, 5.74) is 2.29. The summed E-state index contributed by atoms with van der Waals surface area (Å²) >= 11 is 0. The fourth-order valence-electron chi connectivity index (χ4n) is 2.74. The number of aryl methyl sites for hydroxylation is 1. The number of oxazole rings is 1. The molecule has 0 saturated carbocycles. The number of amides is 1. The predicted octanol–water partition coefficient (Wildman–Crippen LogP) is 2.37. The summed E-state index contributed by atoms with van der Waals surface area (Å²) in [6, 6.07) is 12.2. The molecule has 2 heterocycles. The van der Waals surface area contributed by atoms with Gasteiger partial charge in [-0.3, -0.25) is 9.36 Å². The van der Waals surface area contributed by atoms with Crippen LogP contribution in [0.3, 0.4) is 0 Å². The van der Waals surface area contributed by atoms with E-state index in [4.69, 9.17) is 13.7 Å². The smallest absolute Gasteiger partial charge is 0.419 e. The van der Waals surface area contributed by atoms with Crippen LogP contribution in [0.4, 0.5) is 5.69 Å². The zero-order chi connectivity index (χ0) is 19.7. The maximum Gasteiger partial charge on any atom is 0.419 e. The molecule has 2 aromatic heterocycles. The molecular weight excluding hydrogens is 364 g/mol. The van der Waals surface area contributed by atoms with Gasteiger partial charge in [0.05, 0.1) is 12.6 Å². The molecule has 9 heteroatoms. The average molecular weight is 380 g/mol. The van der Waals surface area contributed by atoms with Crippen LogP contribution in [0.1, 0.15) is 5.89 Å². The van der Waals surface area contributed by atoms with E-state index in [2.05, 4.69) is 15.5 Å². The first-order valence-corrected chi connectivity index (χ1v) is 8.40. The van der Waals surface area contributed by atoms with Crippen LogP contribution in [0.15, 0.2) is 56.2 Å². The monoisotopic (exact) mass is 380 g/mol. The minimum Gasteiger partial charge on any atom is -0.497 e. The Kier molecular flexibility index (Phi) is 4.40. The topological polar surface area (TPSA) is 112 Å². The molecule has 0 bridgehead atoms. The molecule has 142 valence electrons. The number of nitrogens with one attached hydrogen (secondary N) is 1. The Hall–Kier alpha value is -3.88. The van der Waals surface area contributed by atoms with Crippen molar-refractivity contribution < 1.29 is 18.5 Å². The number of ether oxygens (including phenoxy) is 1.